The van der Waals surface area contributed by atoms with Crippen molar-refractivity contribution >= 4 is 27.7 Å². The van der Waals surface area contributed by atoms with Crippen molar-refractivity contribution in [2.24, 2.45) is 0 Å². The van der Waals surface area contributed by atoms with Gasteiger partial charge >= 0.3 is 5.97 Å². The predicted molar refractivity (Wildman–Crippen MR) is 105 cm³/mol. The fraction of sp³-hybridized carbons (Fsp3) is 0.300. The molecule has 0 heterocycles. The van der Waals surface area contributed by atoms with E-state index in [0.29, 0.717) is 33.5 Å². The molecule has 0 aliphatic heterocycles. The van der Waals surface area contributed by atoms with E-state index in [2.05, 4.69) is 15.9 Å². The van der Waals surface area contributed by atoms with E-state index in [1.165, 1.54) is 26.2 Å². The fourth-order valence-corrected chi connectivity index (χ4v) is 3.24. The molecule has 27 heavy (non-hydrogen) atoms. The minimum atomic E-state index is -1.09. The number of methoxy groups -OCH3 is 1. The number of aromatic carboxylic acids is 1. The molecule has 0 aromatic heterocycles. The van der Waals surface area contributed by atoms with E-state index in [1.807, 2.05) is 6.92 Å². The molecule has 0 spiro atoms. The highest BCUT2D eigenvalue weighted by molar-refractivity contribution is 9.10. The van der Waals surface area contributed by atoms with Gasteiger partial charge in [0, 0.05) is 15.6 Å². The van der Waals surface area contributed by atoms with Gasteiger partial charge in [-0.2, -0.15) is 0 Å². The van der Waals surface area contributed by atoms with Crippen LogP contribution in [0.5, 0.6) is 23.0 Å². The fourth-order valence-electron chi connectivity index (χ4n) is 2.78. The molecule has 0 atom stereocenters. The molecule has 6 nitrogen and oxygen atoms in total. The summed E-state index contributed by atoms with van der Waals surface area (Å²) in [5.74, 6) is -0.452. The third-order valence-electron chi connectivity index (χ3n) is 4.19. The number of hydrogen-bond acceptors (Lipinski definition) is 5. The number of ketones is 1. The van der Waals surface area contributed by atoms with E-state index in [1.54, 1.807) is 13.0 Å². The summed E-state index contributed by atoms with van der Waals surface area (Å²) in [6.45, 7) is 5.05. The number of rotatable bonds is 7. The Morgan fingerprint density at radius 2 is 1.85 bits per heavy atom. The van der Waals surface area contributed by atoms with Crippen LogP contribution in [-0.2, 0) is 6.42 Å². The molecule has 0 aliphatic carbocycles. The van der Waals surface area contributed by atoms with Crippen LogP contribution in [0, 0.1) is 6.92 Å². The predicted octanol–water partition coefficient (Wildman–Crippen LogP) is 5.12. The molecular weight excluding hydrogens is 416 g/mol. The third kappa shape index (κ3) is 4.08. The summed E-state index contributed by atoms with van der Waals surface area (Å²) >= 11 is 3.29. The number of phenolic OH excluding ortho intramolecular Hbond substituents is 1. The number of hydrogen-bond donors (Lipinski definition) is 2. The summed E-state index contributed by atoms with van der Waals surface area (Å²) in [4.78, 5) is 23.1. The Labute approximate surface area is 165 Å². The monoisotopic (exact) mass is 436 g/mol. The van der Waals surface area contributed by atoms with E-state index < -0.39 is 5.97 Å². The van der Waals surface area contributed by atoms with Gasteiger partial charge in [-0.3, -0.25) is 4.79 Å². The molecule has 0 radical (unpaired) electrons. The van der Waals surface area contributed by atoms with Crippen LogP contribution < -0.4 is 9.47 Å². The first-order valence-corrected chi connectivity index (χ1v) is 9.16. The van der Waals surface area contributed by atoms with Crippen LogP contribution in [0.15, 0.2) is 22.7 Å². The highest BCUT2D eigenvalue weighted by Gasteiger charge is 2.22. The summed E-state index contributed by atoms with van der Waals surface area (Å²) in [7, 11) is 1.42. The molecule has 2 aromatic carbocycles. The van der Waals surface area contributed by atoms with E-state index in [0.717, 1.165) is 6.42 Å². The molecular formula is C20H21BrO6. The summed E-state index contributed by atoms with van der Waals surface area (Å²) in [6, 6.07) is 4.51. The molecule has 0 bridgehead atoms. The topological polar surface area (TPSA) is 93.1 Å². The Morgan fingerprint density at radius 1 is 1.19 bits per heavy atom. The second kappa shape index (κ2) is 8.43. The van der Waals surface area contributed by atoms with Gasteiger partial charge in [-0.1, -0.05) is 13.3 Å². The van der Waals surface area contributed by atoms with E-state index in [4.69, 9.17) is 9.47 Å². The summed E-state index contributed by atoms with van der Waals surface area (Å²) in [5.41, 5.74) is 1.35. The molecule has 0 unspecified atom stereocenters. The number of ether oxygens (including phenoxy) is 2. The lowest BCUT2D eigenvalue weighted by Gasteiger charge is -2.19. The van der Waals surface area contributed by atoms with Crippen molar-refractivity contribution in [3.63, 3.8) is 0 Å². The number of carbonyl (C=O) groups excluding carboxylic acids is 1. The molecule has 0 saturated carbocycles. The number of carboxylic acids is 1. The van der Waals surface area contributed by atoms with Crippen molar-refractivity contribution < 1.29 is 29.3 Å². The van der Waals surface area contributed by atoms with Crippen LogP contribution in [0.1, 0.15) is 52.1 Å². The molecule has 0 fully saturated rings. The third-order valence-corrected chi connectivity index (χ3v) is 5.21. The molecule has 144 valence electrons. The number of benzene rings is 2. The van der Waals surface area contributed by atoms with Crippen LogP contribution in [-0.4, -0.2) is 29.1 Å². The Bertz CT molecular complexity index is 904. The zero-order valence-corrected chi connectivity index (χ0v) is 17.1. The lowest BCUT2D eigenvalue weighted by molar-refractivity contribution is 0.0695. The first-order chi connectivity index (χ1) is 12.7. The second-order valence-electron chi connectivity index (χ2n) is 6.05. The van der Waals surface area contributed by atoms with Crippen LogP contribution in [0.2, 0.25) is 0 Å². The lowest BCUT2D eigenvalue weighted by atomic mass is 10.0. The quantitative estimate of drug-likeness (QED) is 0.585. The number of carbonyl (C=O) groups is 2. The SMILES string of the molecule is CCCc1c(Oc2c(OC)cc(C(=O)O)c(Br)c2C)ccc(C(C)=O)c1O. The van der Waals surface area contributed by atoms with Gasteiger partial charge in [0.25, 0.3) is 0 Å². The van der Waals surface area contributed by atoms with Crippen molar-refractivity contribution in [2.75, 3.05) is 7.11 Å². The molecule has 2 N–H and O–H groups in total. The average molecular weight is 437 g/mol. The maximum absolute atomic E-state index is 11.7. The summed E-state index contributed by atoms with van der Waals surface area (Å²) in [6.07, 6.45) is 1.25. The minimum absolute atomic E-state index is 0.0558. The second-order valence-corrected chi connectivity index (χ2v) is 6.84. The van der Waals surface area contributed by atoms with Gasteiger partial charge in [0.1, 0.15) is 11.5 Å². The van der Waals surface area contributed by atoms with Gasteiger partial charge < -0.3 is 19.7 Å². The van der Waals surface area contributed by atoms with Gasteiger partial charge in [-0.05, 0) is 54.4 Å². The zero-order chi connectivity index (χ0) is 20.3. The molecule has 7 heteroatoms. The first-order valence-electron chi connectivity index (χ1n) is 8.36. The van der Waals surface area contributed by atoms with Crippen molar-refractivity contribution in [1.82, 2.24) is 0 Å². The van der Waals surface area contributed by atoms with Crippen LogP contribution in [0.4, 0.5) is 0 Å². The largest absolute Gasteiger partial charge is 0.507 e. The highest BCUT2D eigenvalue weighted by Crippen LogP contribution is 2.43. The Kier molecular flexibility index (Phi) is 6.49. The zero-order valence-electron chi connectivity index (χ0n) is 15.6. The molecule has 2 rings (SSSR count). The average Bonchev–Trinajstić information content (AvgIpc) is 2.61. The van der Waals surface area contributed by atoms with Crippen LogP contribution in [0.25, 0.3) is 0 Å². The normalized spacial score (nSPS) is 10.6. The maximum Gasteiger partial charge on any atom is 0.336 e. The minimum Gasteiger partial charge on any atom is -0.507 e. The molecule has 2 aromatic rings. The smallest absolute Gasteiger partial charge is 0.336 e. The number of Topliss-reactive ketones (excluding diaryl/α,β-unsaturated/α-hetero) is 1. The van der Waals surface area contributed by atoms with Crippen LogP contribution >= 0.6 is 15.9 Å². The van der Waals surface area contributed by atoms with E-state index >= 15 is 0 Å². The maximum atomic E-state index is 11.7. The van der Waals surface area contributed by atoms with Crippen molar-refractivity contribution in [1.29, 1.82) is 0 Å². The molecule has 0 amide bonds. The first kappa shape index (κ1) is 20.8. The number of halogens is 1. The highest BCUT2D eigenvalue weighted by atomic mass is 79.9. The van der Waals surface area contributed by atoms with E-state index in [-0.39, 0.29) is 28.4 Å². The van der Waals surface area contributed by atoms with Gasteiger partial charge in [-0.25, -0.2) is 4.79 Å². The van der Waals surface area contributed by atoms with Crippen LogP contribution in [0.3, 0.4) is 0 Å². The van der Waals surface area contributed by atoms with Gasteiger partial charge in [0.15, 0.2) is 17.3 Å². The standard InChI is InChI=1S/C20H21BrO6/c1-5-6-13-15(8-7-12(11(3)22)18(13)23)27-19-10(2)17(21)14(20(24)25)9-16(19)26-4/h7-9,23H,5-6H2,1-4H3,(H,24,25). The molecule has 0 saturated heterocycles. The van der Waals surface area contributed by atoms with Gasteiger partial charge in [-0.15, -0.1) is 0 Å². The summed E-state index contributed by atoms with van der Waals surface area (Å²) in [5, 5.41) is 19.8. The number of aromatic hydroxyl groups is 1. The van der Waals surface area contributed by atoms with Gasteiger partial charge in [0.2, 0.25) is 0 Å². The Morgan fingerprint density at radius 3 is 2.37 bits per heavy atom. The van der Waals surface area contributed by atoms with Crippen molar-refractivity contribution in [2.45, 2.75) is 33.6 Å². The van der Waals surface area contributed by atoms with E-state index in [9.17, 15) is 19.8 Å². The Balaban J connectivity index is 2.63. The number of carboxylic acid groups (broad SMARTS) is 1. The number of phenols is 1. The Hall–Kier alpha value is -2.54. The van der Waals surface area contributed by atoms with Gasteiger partial charge in [0.05, 0.1) is 18.2 Å². The van der Waals surface area contributed by atoms with Crippen molar-refractivity contribution in [3.05, 3.63) is 44.9 Å². The summed E-state index contributed by atoms with van der Waals surface area (Å²) < 4.78 is 11.7. The lowest BCUT2D eigenvalue weighted by Crippen LogP contribution is -2.04. The molecule has 0 aliphatic rings. The van der Waals surface area contributed by atoms with Crippen molar-refractivity contribution in [3.8, 4) is 23.0 Å².